The van der Waals surface area contributed by atoms with Crippen molar-refractivity contribution in [3.05, 3.63) is 35.5 Å². The van der Waals surface area contributed by atoms with E-state index < -0.39 is 6.10 Å². The molecule has 0 radical (unpaired) electrons. The number of nitrogens with two attached hydrogens (primary N) is 1. The summed E-state index contributed by atoms with van der Waals surface area (Å²) >= 11 is 0. The molecule has 0 amide bonds. The summed E-state index contributed by atoms with van der Waals surface area (Å²) in [6.45, 7) is 2.83. The predicted molar refractivity (Wildman–Crippen MR) is 79.2 cm³/mol. The molecular weight excluding hydrogens is 238 g/mol. The smallest absolute Gasteiger partial charge is 0.0938 e. The molecule has 0 bridgehead atoms. The van der Waals surface area contributed by atoms with Gasteiger partial charge in [0.1, 0.15) is 0 Å². The summed E-state index contributed by atoms with van der Waals surface area (Å²) in [6, 6.07) is 5.73. The standard InChI is InChI=1S/C15H23N3O/c1-10(16)15(19)11-4-5-14-13(8-11)12(9-17-14)6-7-18(2)3/h4-5,8-10,15,17,19H,6-7,16H2,1-3H3. The van der Waals surface area contributed by atoms with Crippen LogP contribution in [0.1, 0.15) is 24.2 Å². The van der Waals surface area contributed by atoms with E-state index in [1.54, 1.807) is 0 Å². The molecule has 0 saturated heterocycles. The van der Waals surface area contributed by atoms with Gasteiger partial charge in [0.15, 0.2) is 0 Å². The Labute approximate surface area is 114 Å². The number of aliphatic hydroxyl groups excluding tert-OH is 1. The maximum atomic E-state index is 10.1. The second-order valence-electron chi connectivity index (χ2n) is 5.48. The summed E-state index contributed by atoms with van der Waals surface area (Å²) in [5.41, 5.74) is 9.03. The average molecular weight is 261 g/mol. The maximum absolute atomic E-state index is 10.1. The maximum Gasteiger partial charge on any atom is 0.0938 e. The van der Waals surface area contributed by atoms with Crippen LogP contribution in [0.5, 0.6) is 0 Å². The molecule has 0 saturated carbocycles. The van der Waals surface area contributed by atoms with Gasteiger partial charge in [0.2, 0.25) is 0 Å². The van der Waals surface area contributed by atoms with Crippen molar-refractivity contribution >= 4 is 10.9 Å². The number of H-pyrrole nitrogens is 1. The van der Waals surface area contributed by atoms with E-state index in [1.165, 1.54) is 10.9 Å². The largest absolute Gasteiger partial charge is 0.387 e. The third kappa shape index (κ3) is 3.15. The van der Waals surface area contributed by atoms with E-state index in [4.69, 9.17) is 5.73 Å². The Hall–Kier alpha value is -1.36. The Kier molecular flexibility index (Phi) is 4.24. The molecule has 4 N–H and O–H groups in total. The first kappa shape index (κ1) is 14.1. The number of hydrogen-bond acceptors (Lipinski definition) is 3. The second kappa shape index (κ2) is 5.74. The zero-order valence-corrected chi connectivity index (χ0v) is 11.9. The zero-order chi connectivity index (χ0) is 14.0. The van der Waals surface area contributed by atoms with Crippen LogP contribution in [-0.2, 0) is 6.42 Å². The fourth-order valence-electron chi connectivity index (χ4n) is 2.23. The molecule has 2 aromatic rings. The van der Waals surface area contributed by atoms with Gasteiger partial charge >= 0.3 is 0 Å². The molecule has 2 atom stereocenters. The number of rotatable bonds is 5. The summed E-state index contributed by atoms with van der Waals surface area (Å²) in [6.07, 6.45) is 2.43. The Morgan fingerprint density at radius 3 is 2.74 bits per heavy atom. The molecule has 1 aromatic carbocycles. The number of nitrogens with zero attached hydrogens (tertiary/aromatic N) is 1. The molecule has 0 aliphatic carbocycles. The highest BCUT2D eigenvalue weighted by Gasteiger charge is 2.14. The Balaban J connectivity index is 2.31. The summed E-state index contributed by atoms with van der Waals surface area (Å²) < 4.78 is 0. The number of likely N-dealkylation sites (N-methyl/N-ethyl adjacent to an activating group) is 1. The van der Waals surface area contributed by atoms with E-state index in [1.807, 2.05) is 25.1 Å². The van der Waals surface area contributed by atoms with Crippen molar-refractivity contribution in [2.24, 2.45) is 5.73 Å². The lowest BCUT2D eigenvalue weighted by molar-refractivity contribution is 0.153. The third-order valence-electron chi connectivity index (χ3n) is 3.46. The summed E-state index contributed by atoms with van der Waals surface area (Å²) in [5.74, 6) is 0. The van der Waals surface area contributed by atoms with Crippen LogP contribution in [0.25, 0.3) is 10.9 Å². The highest BCUT2D eigenvalue weighted by atomic mass is 16.3. The molecule has 19 heavy (non-hydrogen) atoms. The van der Waals surface area contributed by atoms with Crippen LogP contribution in [0.4, 0.5) is 0 Å². The number of benzene rings is 1. The highest BCUT2D eigenvalue weighted by molar-refractivity contribution is 5.84. The van der Waals surface area contributed by atoms with Crippen LogP contribution in [-0.4, -0.2) is 41.7 Å². The molecule has 4 heteroatoms. The van der Waals surface area contributed by atoms with Crippen molar-refractivity contribution in [2.75, 3.05) is 20.6 Å². The number of aromatic amines is 1. The number of aliphatic hydroxyl groups is 1. The number of hydrogen-bond donors (Lipinski definition) is 3. The molecule has 2 rings (SSSR count). The molecule has 0 fully saturated rings. The lowest BCUT2D eigenvalue weighted by Crippen LogP contribution is -2.24. The lowest BCUT2D eigenvalue weighted by atomic mass is 10.0. The quantitative estimate of drug-likeness (QED) is 0.767. The molecule has 1 heterocycles. The predicted octanol–water partition coefficient (Wildman–Crippen LogP) is 1.65. The molecule has 0 spiro atoms. The van der Waals surface area contributed by atoms with Crippen molar-refractivity contribution in [2.45, 2.75) is 25.5 Å². The first-order chi connectivity index (χ1) is 8.99. The molecular formula is C15H23N3O. The topological polar surface area (TPSA) is 65.3 Å². The van der Waals surface area contributed by atoms with E-state index in [-0.39, 0.29) is 6.04 Å². The van der Waals surface area contributed by atoms with Gasteiger partial charge in [0.25, 0.3) is 0 Å². The van der Waals surface area contributed by atoms with Gasteiger partial charge in [-0.25, -0.2) is 0 Å². The van der Waals surface area contributed by atoms with E-state index in [2.05, 4.69) is 30.2 Å². The highest BCUT2D eigenvalue weighted by Crippen LogP contribution is 2.24. The number of nitrogens with one attached hydrogen (secondary N) is 1. The van der Waals surface area contributed by atoms with Gasteiger partial charge in [-0.15, -0.1) is 0 Å². The molecule has 2 unspecified atom stereocenters. The third-order valence-corrected chi connectivity index (χ3v) is 3.46. The Morgan fingerprint density at radius 1 is 1.37 bits per heavy atom. The fourth-order valence-corrected chi connectivity index (χ4v) is 2.23. The van der Waals surface area contributed by atoms with Gasteiger partial charge in [0.05, 0.1) is 6.10 Å². The minimum atomic E-state index is -0.610. The van der Waals surface area contributed by atoms with E-state index in [9.17, 15) is 5.11 Å². The summed E-state index contributed by atoms with van der Waals surface area (Å²) in [4.78, 5) is 5.44. The second-order valence-corrected chi connectivity index (χ2v) is 5.48. The first-order valence-corrected chi connectivity index (χ1v) is 6.67. The number of fused-ring (bicyclic) bond motifs is 1. The van der Waals surface area contributed by atoms with Gasteiger partial charge in [-0.3, -0.25) is 0 Å². The minimum absolute atomic E-state index is 0.262. The van der Waals surface area contributed by atoms with Crippen molar-refractivity contribution in [1.29, 1.82) is 0 Å². The van der Waals surface area contributed by atoms with Crippen LogP contribution < -0.4 is 5.73 Å². The molecule has 0 aliphatic heterocycles. The average Bonchev–Trinajstić information content (AvgIpc) is 2.77. The van der Waals surface area contributed by atoms with Gasteiger partial charge < -0.3 is 20.7 Å². The number of aromatic nitrogens is 1. The van der Waals surface area contributed by atoms with Gasteiger partial charge in [-0.1, -0.05) is 6.07 Å². The first-order valence-electron chi connectivity index (χ1n) is 6.67. The summed E-state index contributed by atoms with van der Waals surface area (Å²) in [5, 5.41) is 11.2. The van der Waals surface area contributed by atoms with Crippen LogP contribution >= 0.6 is 0 Å². The fraction of sp³-hybridized carbons (Fsp3) is 0.467. The van der Waals surface area contributed by atoms with Gasteiger partial charge in [-0.05, 0) is 50.7 Å². The zero-order valence-electron chi connectivity index (χ0n) is 11.9. The van der Waals surface area contributed by atoms with Gasteiger partial charge in [0, 0.05) is 29.7 Å². The lowest BCUT2D eigenvalue weighted by Gasteiger charge is -2.15. The molecule has 0 aliphatic rings. The van der Waals surface area contributed by atoms with Crippen LogP contribution in [0, 0.1) is 0 Å². The molecule has 1 aromatic heterocycles. The van der Waals surface area contributed by atoms with Crippen LogP contribution in [0.15, 0.2) is 24.4 Å². The monoisotopic (exact) mass is 261 g/mol. The molecule has 4 nitrogen and oxygen atoms in total. The SMILES string of the molecule is CC(N)C(O)c1ccc2[nH]cc(CCN(C)C)c2c1. The van der Waals surface area contributed by atoms with Crippen LogP contribution in [0.3, 0.4) is 0 Å². The Bertz CT molecular complexity index is 545. The van der Waals surface area contributed by atoms with E-state index in [0.29, 0.717) is 0 Å². The molecule has 104 valence electrons. The van der Waals surface area contributed by atoms with Gasteiger partial charge in [-0.2, -0.15) is 0 Å². The normalized spacial score (nSPS) is 15.1. The summed E-state index contributed by atoms with van der Waals surface area (Å²) in [7, 11) is 4.14. The van der Waals surface area contributed by atoms with Crippen LogP contribution in [0.2, 0.25) is 0 Å². The van der Waals surface area contributed by atoms with Crippen molar-refractivity contribution in [1.82, 2.24) is 9.88 Å². The van der Waals surface area contributed by atoms with Crippen molar-refractivity contribution < 1.29 is 5.11 Å². The minimum Gasteiger partial charge on any atom is -0.387 e. The van der Waals surface area contributed by atoms with Crippen molar-refractivity contribution in [3.8, 4) is 0 Å². The van der Waals surface area contributed by atoms with Crippen molar-refractivity contribution in [3.63, 3.8) is 0 Å². The Morgan fingerprint density at radius 2 is 2.11 bits per heavy atom. The van der Waals surface area contributed by atoms with E-state index in [0.717, 1.165) is 24.0 Å². The van der Waals surface area contributed by atoms with E-state index >= 15 is 0 Å².